The number of unbranched alkanes of at least 4 members (excludes halogenated alkanes) is 40. The van der Waals surface area contributed by atoms with Crippen molar-refractivity contribution >= 4 is 39.5 Å². The second kappa shape index (κ2) is 63.1. The van der Waals surface area contributed by atoms with Crippen molar-refractivity contribution in [3.63, 3.8) is 0 Å². The highest BCUT2D eigenvalue weighted by molar-refractivity contribution is 7.47. The van der Waals surface area contributed by atoms with Gasteiger partial charge >= 0.3 is 39.5 Å². The van der Waals surface area contributed by atoms with Crippen LogP contribution in [0.3, 0.4) is 0 Å². The fourth-order valence-electron chi connectivity index (χ4n) is 10.8. The van der Waals surface area contributed by atoms with E-state index in [1.807, 2.05) is 0 Å². The average Bonchev–Trinajstić information content (AvgIpc) is 3.18. The van der Waals surface area contributed by atoms with Gasteiger partial charge in [-0.25, -0.2) is 9.13 Å². The number of hydrogen-bond donors (Lipinski definition) is 3. The minimum absolute atomic E-state index is 0.104. The molecule has 0 aliphatic heterocycles. The number of esters is 4. The fraction of sp³-hybridized carbons (Fsp3) is 0.944. The molecule has 90 heavy (non-hydrogen) atoms. The van der Waals surface area contributed by atoms with E-state index >= 15 is 0 Å². The van der Waals surface area contributed by atoms with E-state index in [9.17, 15) is 43.2 Å². The van der Waals surface area contributed by atoms with Crippen LogP contribution in [0.5, 0.6) is 0 Å². The van der Waals surface area contributed by atoms with Crippen molar-refractivity contribution in [1.82, 2.24) is 0 Å². The van der Waals surface area contributed by atoms with Crippen LogP contribution in [0.2, 0.25) is 0 Å². The Hall–Kier alpha value is -1.94. The van der Waals surface area contributed by atoms with E-state index in [1.54, 1.807) is 0 Å². The fourth-order valence-corrected chi connectivity index (χ4v) is 12.3. The Kier molecular flexibility index (Phi) is 61.8. The summed E-state index contributed by atoms with van der Waals surface area (Å²) in [4.78, 5) is 72.5. The molecule has 3 N–H and O–H groups in total. The third-order valence-electron chi connectivity index (χ3n) is 16.5. The molecule has 0 aromatic carbocycles. The molecule has 0 saturated carbocycles. The van der Waals surface area contributed by atoms with Crippen molar-refractivity contribution in [3.8, 4) is 0 Å². The van der Waals surface area contributed by atoms with E-state index in [4.69, 9.17) is 37.0 Å². The maximum absolute atomic E-state index is 13.0. The Labute approximate surface area is 549 Å². The van der Waals surface area contributed by atoms with Crippen LogP contribution >= 0.6 is 15.6 Å². The molecule has 0 aromatic rings. The number of ether oxygens (including phenoxy) is 4. The molecule has 0 aromatic heterocycles. The minimum atomic E-state index is -4.95. The zero-order valence-electron chi connectivity index (χ0n) is 58.4. The summed E-state index contributed by atoms with van der Waals surface area (Å²) in [5.41, 5.74) is 0. The molecule has 0 amide bonds. The molecule has 17 nitrogen and oxygen atoms in total. The molecule has 534 valence electrons. The molecule has 0 radical (unpaired) electrons. The van der Waals surface area contributed by atoms with Crippen LogP contribution in [0, 0.1) is 11.8 Å². The van der Waals surface area contributed by atoms with E-state index in [0.29, 0.717) is 25.7 Å². The highest BCUT2D eigenvalue weighted by atomic mass is 31.2. The number of phosphoric ester groups is 2. The van der Waals surface area contributed by atoms with Crippen LogP contribution in [0.1, 0.15) is 363 Å². The van der Waals surface area contributed by atoms with Gasteiger partial charge in [-0.05, 0) is 37.5 Å². The van der Waals surface area contributed by atoms with Crippen molar-refractivity contribution in [2.75, 3.05) is 39.6 Å². The monoisotopic (exact) mass is 1320 g/mol. The molecule has 0 spiro atoms. The van der Waals surface area contributed by atoms with Crippen LogP contribution in [0.15, 0.2) is 0 Å². The van der Waals surface area contributed by atoms with Crippen molar-refractivity contribution in [1.29, 1.82) is 0 Å². The van der Waals surface area contributed by atoms with Gasteiger partial charge in [0.25, 0.3) is 0 Å². The molecule has 2 unspecified atom stereocenters. The Morgan fingerprint density at radius 1 is 0.300 bits per heavy atom. The summed E-state index contributed by atoms with van der Waals surface area (Å²) in [6.07, 6.45) is 48.8. The van der Waals surface area contributed by atoms with Gasteiger partial charge in [0.1, 0.15) is 19.3 Å². The maximum atomic E-state index is 13.0. The molecular formula is C71H138O17P2. The molecule has 0 heterocycles. The van der Waals surface area contributed by atoms with Crippen molar-refractivity contribution < 1.29 is 80.2 Å². The molecule has 0 saturated heterocycles. The summed E-state index contributed by atoms with van der Waals surface area (Å²) in [5.74, 6) is -0.682. The first-order valence-electron chi connectivity index (χ1n) is 37.0. The van der Waals surface area contributed by atoms with Crippen LogP contribution in [0.4, 0.5) is 0 Å². The van der Waals surface area contributed by atoms with Crippen LogP contribution < -0.4 is 0 Å². The van der Waals surface area contributed by atoms with Gasteiger partial charge in [0.05, 0.1) is 26.4 Å². The quantitative estimate of drug-likeness (QED) is 0.0222. The zero-order chi connectivity index (χ0) is 66.5. The SMILES string of the molecule is CCCCCCCCCCCCCCCCCCCCCC(=O)O[C@H](COC(=O)CCCCCCCCCCC(C)C)COP(=O)(O)OC[C@@H](O)COP(=O)(O)OC[C@@H](COC(=O)CCCCCCCCCCC)OC(=O)CCCCCCCCCCC(C)C. The first-order chi connectivity index (χ1) is 43.4. The maximum Gasteiger partial charge on any atom is 0.472 e. The number of aliphatic hydroxyl groups is 1. The third-order valence-corrected chi connectivity index (χ3v) is 18.4. The number of rotatable bonds is 70. The number of carbonyl (C=O) groups is 4. The Morgan fingerprint density at radius 2 is 0.511 bits per heavy atom. The molecule has 0 aliphatic rings. The van der Waals surface area contributed by atoms with E-state index in [2.05, 4.69) is 41.5 Å². The summed E-state index contributed by atoms with van der Waals surface area (Å²) in [6.45, 7) is 9.46. The molecular weight excluding hydrogens is 1190 g/mol. The van der Waals surface area contributed by atoms with Crippen LogP contribution in [-0.4, -0.2) is 96.7 Å². The lowest BCUT2D eigenvalue weighted by Crippen LogP contribution is -2.30. The van der Waals surface area contributed by atoms with Gasteiger partial charge in [-0.2, -0.15) is 0 Å². The highest BCUT2D eigenvalue weighted by Crippen LogP contribution is 2.45. The van der Waals surface area contributed by atoms with Crippen molar-refractivity contribution in [2.24, 2.45) is 11.8 Å². The Bertz CT molecular complexity index is 1750. The molecule has 0 aliphatic carbocycles. The molecule has 0 fully saturated rings. The summed E-state index contributed by atoms with van der Waals surface area (Å²) in [7, 11) is -9.90. The molecule has 5 atom stereocenters. The van der Waals surface area contributed by atoms with Gasteiger partial charge < -0.3 is 33.8 Å². The van der Waals surface area contributed by atoms with Gasteiger partial charge in [-0.1, -0.05) is 311 Å². The highest BCUT2D eigenvalue weighted by Gasteiger charge is 2.30. The summed E-state index contributed by atoms with van der Waals surface area (Å²) in [6, 6.07) is 0. The van der Waals surface area contributed by atoms with Gasteiger partial charge in [0.15, 0.2) is 12.2 Å². The number of hydrogen-bond acceptors (Lipinski definition) is 15. The lowest BCUT2D eigenvalue weighted by molar-refractivity contribution is -0.161. The standard InChI is InChI=1S/C71H138O17P2/c1-7-9-11-13-15-17-18-19-20-21-22-23-24-25-26-28-37-43-49-55-70(75)87-66(60-82-69(74)54-48-42-36-31-29-33-39-45-51-63(3)4)61-85-89(77,78)83-57-65(72)58-84-90(79,80)86-62-67(59-81-68(73)53-47-41-35-27-16-14-12-10-8-2)88-71(76)56-50-44-38-32-30-34-40-46-52-64(5)6/h63-67,72H,7-62H2,1-6H3,(H,77,78)(H,79,80)/t65-,66-,67-/m1/s1. The number of phosphoric acid groups is 2. The average molecular weight is 1330 g/mol. The van der Waals surface area contributed by atoms with Crippen LogP contribution in [0.25, 0.3) is 0 Å². The third kappa shape index (κ3) is 64.8. The zero-order valence-corrected chi connectivity index (χ0v) is 60.2. The van der Waals surface area contributed by atoms with E-state index in [0.717, 1.165) is 102 Å². The predicted molar refractivity (Wildman–Crippen MR) is 363 cm³/mol. The van der Waals surface area contributed by atoms with Gasteiger partial charge in [0.2, 0.25) is 0 Å². The lowest BCUT2D eigenvalue weighted by atomic mass is 10.0. The second-order valence-electron chi connectivity index (χ2n) is 26.6. The molecule has 0 rings (SSSR count). The van der Waals surface area contributed by atoms with Crippen molar-refractivity contribution in [2.45, 2.75) is 381 Å². The number of carbonyl (C=O) groups excluding carboxylic acids is 4. The number of aliphatic hydroxyl groups excluding tert-OH is 1. The van der Waals surface area contributed by atoms with Gasteiger partial charge in [0, 0.05) is 25.7 Å². The Morgan fingerprint density at radius 3 is 0.756 bits per heavy atom. The lowest BCUT2D eigenvalue weighted by Gasteiger charge is -2.21. The first kappa shape index (κ1) is 88.1. The molecule has 0 bridgehead atoms. The minimum Gasteiger partial charge on any atom is -0.462 e. The van der Waals surface area contributed by atoms with Gasteiger partial charge in [-0.15, -0.1) is 0 Å². The van der Waals surface area contributed by atoms with Crippen molar-refractivity contribution in [3.05, 3.63) is 0 Å². The summed E-state index contributed by atoms with van der Waals surface area (Å²) < 4.78 is 68.2. The largest absolute Gasteiger partial charge is 0.472 e. The van der Waals surface area contributed by atoms with E-state index < -0.39 is 97.5 Å². The first-order valence-corrected chi connectivity index (χ1v) is 40.0. The summed E-state index contributed by atoms with van der Waals surface area (Å²) >= 11 is 0. The second-order valence-corrected chi connectivity index (χ2v) is 29.5. The van der Waals surface area contributed by atoms with Crippen LogP contribution in [-0.2, 0) is 65.4 Å². The normalized spacial score (nSPS) is 14.1. The smallest absolute Gasteiger partial charge is 0.462 e. The van der Waals surface area contributed by atoms with E-state index in [-0.39, 0.29) is 25.7 Å². The molecule has 19 heteroatoms. The Balaban J connectivity index is 5.19. The van der Waals surface area contributed by atoms with E-state index in [1.165, 1.54) is 180 Å². The predicted octanol–water partition coefficient (Wildman–Crippen LogP) is 20.4. The summed E-state index contributed by atoms with van der Waals surface area (Å²) in [5, 5.41) is 10.6. The topological polar surface area (TPSA) is 237 Å². The van der Waals surface area contributed by atoms with Gasteiger partial charge in [-0.3, -0.25) is 37.3 Å².